The van der Waals surface area contributed by atoms with Gasteiger partial charge in [0.2, 0.25) is 5.91 Å². The van der Waals surface area contributed by atoms with Crippen LogP contribution in [0.1, 0.15) is 22.4 Å². The highest BCUT2D eigenvalue weighted by molar-refractivity contribution is 5.92. The number of amides is 1. The molecule has 0 spiro atoms. The minimum Gasteiger partial charge on any atom is -0.356 e. The van der Waals surface area contributed by atoms with Crippen LogP contribution >= 0.6 is 0 Å². The number of halogens is 2. The molecule has 1 heterocycles. The Morgan fingerprint density at radius 1 is 1.12 bits per heavy atom. The molecule has 0 atom stereocenters. The van der Waals surface area contributed by atoms with Gasteiger partial charge in [0.15, 0.2) is 0 Å². The van der Waals surface area contributed by atoms with Gasteiger partial charge in [-0.2, -0.15) is 0 Å². The maximum atomic E-state index is 14.0. The molecule has 3 nitrogen and oxygen atoms in total. The molecule has 26 heavy (non-hydrogen) atoms. The number of aromatic nitrogens is 1. The molecule has 1 aromatic heterocycles. The average Bonchev–Trinajstić information content (AvgIpc) is 2.95. The molecule has 5 heteroatoms. The van der Waals surface area contributed by atoms with Crippen molar-refractivity contribution in [2.45, 2.75) is 20.3 Å². The van der Waals surface area contributed by atoms with Gasteiger partial charge in [-0.15, -0.1) is 0 Å². The number of hydrogen-bond acceptors (Lipinski definition) is 1. The smallest absolute Gasteiger partial charge is 0.244 e. The van der Waals surface area contributed by atoms with Gasteiger partial charge in [-0.05, 0) is 49.6 Å². The first-order valence-electron chi connectivity index (χ1n) is 8.44. The third-order valence-corrected chi connectivity index (χ3v) is 4.42. The highest BCUT2D eigenvalue weighted by Gasteiger charge is 2.13. The fourth-order valence-corrected chi connectivity index (χ4v) is 3.10. The Morgan fingerprint density at radius 3 is 2.65 bits per heavy atom. The van der Waals surface area contributed by atoms with E-state index in [2.05, 4.69) is 10.3 Å². The van der Waals surface area contributed by atoms with E-state index in [1.165, 1.54) is 24.3 Å². The number of benzene rings is 2. The van der Waals surface area contributed by atoms with Crippen molar-refractivity contribution in [2.75, 3.05) is 6.54 Å². The first kappa shape index (κ1) is 17.9. The first-order chi connectivity index (χ1) is 12.5. The first-order valence-corrected chi connectivity index (χ1v) is 8.44. The summed E-state index contributed by atoms with van der Waals surface area (Å²) in [5, 5.41) is 3.65. The van der Waals surface area contributed by atoms with Crippen LogP contribution in [-0.2, 0) is 11.2 Å². The van der Waals surface area contributed by atoms with Crippen molar-refractivity contribution in [3.05, 3.63) is 76.5 Å². The van der Waals surface area contributed by atoms with E-state index in [-0.39, 0.29) is 17.5 Å². The molecule has 0 aliphatic heterocycles. The van der Waals surface area contributed by atoms with Gasteiger partial charge in [0.1, 0.15) is 11.6 Å². The summed E-state index contributed by atoms with van der Waals surface area (Å²) in [6.07, 6.45) is 3.34. The zero-order valence-corrected chi connectivity index (χ0v) is 14.7. The number of fused-ring (bicyclic) bond motifs is 1. The number of hydrogen-bond donors (Lipinski definition) is 2. The van der Waals surface area contributed by atoms with E-state index in [9.17, 15) is 13.6 Å². The fourth-order valence-electron chi connectivity index (χ4n) is 3.10. The minimum atomic E-state index is -0.372. The van der Waals surface area contributed by atoms with Crippen molar-refractivity contribution >= 4 is 22.9 Å². The van der Waals surface area contributed by atoms with Crippen LogP contribution in [0.3, 0.4) is 0 Å². The quantitative estimate of drug-likeness (QED) is 0.654. The number of carbonyl (C=O) groups is 1. The van der Waals surface area contributed by atoms with Crippen molar-refractivity contribution < 1.29 is 13.6 Å². The van der Waals surface area contributed by atoms with Gasteiger partial charge in [-0.25, -0.2) is 8.78 Å². The molecule has 0 unspecified atom stereocenters. The summed E-state index contributed by atoms with van der Waals surface area (Å²) in [6, 6.07) is 9.46. The van der Waals surface area contributed by atoms with Crippen LogP contribution in [0, 0.1) is 25.5 Å². The SMILES string of the molecule is Cc1[nH]c2c(F)ccc(C)c2c1CCNC(=O)/C=C/c1ccccc1F. The second kappa shape index (κ2) is 7.52. The zero-order valence-electron chi connectivity index (χ0n) is 14.7. The Labute approximate surface area is 150 Å². The van der Waals surface area contributed by atoms with E-state index >= 15 is 0 Å². The lowest BCUT2D eigenvalue weighted by molar-refractivity contribution is -0.116. The molecular formula is C21H20F2N2O. The Balaban J connectivity index is 1.66. The van der Waals surface area contributed by atoms with Gasteiger partial charge >= 0.3 is 0 Å². The molecule has 2 N–H and O–H groups in total. The van der Waals surface area contributed by atoms with Gasteiger partial charge in [0.05, 0.1) is 5.52 Å². The molecule has 0 aliphatic rings. The zero-order chi connectivity index (χ0) is 18.7. The monoisotopic (exact) mass is 354 g/mol. The lowest BCUT2D eigenvalue weighted by Gasteiger charge is -2.05. The van der Waals surface area contributed by atoms with Crippen LogP contribution in [-0.4, -0.2) is 17.4 Å². The van der Waals surface area contributed by atoms with Gasteiger partial charge in [-0.1, -0.05) is 24.3 Å². The third kappa shape index (κ3) is 3.67. The van der Waals surface area contributed by atoms with Crippen molar-refractivity contribution in [2.24, 2.45) is 0 Å². The molecule has 0 fully saturated rings. The van der Waals surface area contributed by atoms with E-state index in [0.717, 1.165) is 22.2 Å². The largest absolute Gasteiger partial charge is 0.356 e. The number of aryl methyl sites for hydroxylation is 2. The lowest BCUT2D eigenvalue weighted by atomic mass is 10.0. The molecule has 0 radical (unpaired) electrons. The van der Waals surface area contributed by atoms with E-state index in [1.54, 1.807) is 24.3 Å². The third-order valence-electron chi connectivity index (χ3n) is 4.42. The number of H-pyrrole nitrogens is 1. The predicted molar refractivity (Wildman–Crippen MR) is 99.9 cm³/mol. The molecule has 3 aromatic rings. The van der Waals surface area contributed by atoms with Gasteiger partial charge in [-0.3, -0.25) is 4.79 Å². The van der Waals surface area contributed by atoms with Crippen LogP contribution in [0.25, 0.3) is 17.0 Å². The predicted octanol–water partition coefficient (Wildman–Crippen LogP) is 4.44. The Kier molecular flexibility index (Phi) is 5.16. The van der Waals surface area contributed by atoms with Crippen LogP contribution in [0.2, 0.25) is 0 Å². The number of rotatable bonds is 5. The highest BCUT2D eigenvalue weighted by atomic mass is 19.1. The van der Waals surface area contributed by atoms with Gasteiger partial charge in [0, 0.05) is 29.3 Å². The maximum Gasteiger partial charge on any atom is 0.244 e. The van der Waals surface area contributed by atoms with E-state index in [0.29, 0.717) is 24.0 Å². The van der Waals surface area contributed by atoms with E-state index in [1.807, 2.05) is 13.8 Å². The molecule has 0 saturated carbocycles. The molecular weight excluding hydrogens is 334 g/mol. The van der Waals surface area contributed by atoms with Crippen LogP contribution in [0.15, 0.2) is 42.5 Å². The molecule has 2 aromatic carbocycles. The second-order valence-corrected chi connectivity index (χ2v) is 6.24. The fraction of sp³-hybridized carbons (Fsp3) is 0.190. The molecule has 0 saturated heterocycles. The highest BCUT2D eigenvalue weighted by Crippen LogP contribution is 2.27. The summed E-state index contributed by atoms with van der Waals surface area (Å²) < 4.78 is 27.5. The summed E-state index contributed by atoms with van der Waals surface area (Å²) >= 11 is 0. The summed E-state index contributed by atoms with van der Waals surface area (Å²) in [5.74, 6) is -0.950. The Hall–Kier alpha value is -2.95. The Morgan fingerprint density at radius 2 is 1.88 bits per heavy atom. The normalized spacial score (nSPS) is 11.4. The summed E-state index contributed by atoms with van der Waals surface area (Å²) in [7, 11) is 0. The van der Waals surface area contributed by atoms with Crippen LogP contribution < -0.4 is 5.32 Å². The molecule has 0 aliphatic carbocycles. The average molecular weight is 354 g/mol. The molecule has 134 valence electrons. The van der Waals surface area contributed by atoms with Crippen molar-refractivity contribution in [3.63, 3.8) is 0 Å². The Bertz CT molecular complexity index is 989. The molecule has 3 rings (SSSR count). The van der Waals surface area contributed by atoms with Crippen molar-refractivity contribution in [1.29, 1.82) is 0 Å². The van der Waals surface area contributed by atoms with E-state index < -0.39 is 0 Å². The number of nitrogens with one attached hydrogen (secondary N) is 2. The minimum absolute atomic E-state index is 0.281. The number of aromatic amines is 1. The van der Waals surface area contributed by atoms with Crippen molar-refractivity contribution in [3.8, 4) is 0 Å². The topological polar surface area (TPSA) is 44.9 Å². The summed E-state index contributed by atoms with van der Waals surface area (Å²) in [5.41, 5.74) is 3.75. The van der Waals surface area contributed by atoms with Gasteiger partial charge in [0.25, 0.3) is 0 Å². The van der Waals surface area contributed by atoms with Crippen LogP contribution in [0.4, 0.5) is 8.78 Å². The lowest BCUT2D eigenvalue weighted by Crippen LogP contribution is -2.23. The molecule has 1 amide bonds. The summed E-state index contributed by atoms with van der Waals surface area (Å²) in [6.45, 7) is 4.24. The molecule has 0 bridgehead atoms. The second-order valence-electron chi connectivity index (χ2n) is 6.24. The van der Waals surface area contributed by atoms with Gasteiger partial charge < -0.3 is 10.3 Å². The van der Waals surface area contributed by atoms with Crippen molar-refractivity contribution in [1.82, 2.24) is 10.3 Å². The van der Waals surface area contributed by atoms with E-state index in [4.69, 9.17) is 0 Å². The number of carbonyl (C=O) groups excluding carboxylic acids is 1. The maximum absolute atomic E-state index is 14.0. The van der Waals surface area contributed by atoms with Crippen LogP contribution in [0.5, 0.6) is 0 Å². The standard InChI is InChI=1S/C21H20F2N2O/c1-13-7-9-18(23)21-20(13)16(14(2)25-21)11-12-24-19(26)10-8-15-5-3-4-6-17(15)22/h3-10,25H,11-12H2,1-2H3,(H,24,26)/b10-8+. The summed E-state index contributed by atoms with van der Waals surface area (Å²) in [4.78, 5) is 15.0.